The Hall–Kier alpha value is -9.82. The van der Waals surface area contributed by atoms with Gasteiger partial charge >= 0.3 is 5.97 Å². The largest absolute Gasteiger partial charge is 0.497 e. The molecule has 30 nitrogen and oxygen atoms in total. The number of amides is 3. The number of aromatic nitrogens is 11. The van der Waals surface area contributed by atoms with E-state index in [2.05, 4.69) is 75.3 Å². The maximum absolute atomic E-state index is 13.8. The number of carbonyl (C=O) groups is 5. The molecule has 0 saturated carbocycles. The topological polar surface area (TPSA) is 417 Å². The second-order valence-corrected chi connectivity index (χ2v) is 25.5. The Morgan fingerprint density at radius 1 is 0.635 bits per heavy atom. The Kier molecular flexibility index (Phi) is 29.3. The number of carbonyl (C=O) groups excluding carboxylic acids is 5. The summed E-state index contributed by atoms with van der Waals surface area (Å²) in [5, 5.41) is 6.49. The van der Waals surface area contributed by atoms with Crippen molar-refractivity contribution < 1.29 is 47.7 Å². The molecule has 2 fully saturated rings. The zero-order chi connectivity index (χ0) is 75.3. The van der Waals surface area contributed by atoms with Gasteiger partial charge in [-0.2, -0.15) is 4.98 Å². The third-order valence-corrected chi connectivity index (χ3v) is 18.3. The average Bonchev–Trinajstić information content (AvgIpc) is 1.61. The Morgan fingerprint density at radius 3 is 1.66 bits per heavy atom. The van der Waals surface area contributed by atoms with Crippen molar-refractivity contribution in [1.29, 1.82) is 0 Å². The summed E-state index contributed by atoms with van der Waals surface area (Å²) in [6, 6.07) is 10.6. The molecule has 104 heavy (non-hydrogen) atoms. The minimum absolute atomic E-state index is 0.00353. The molecule has 1 aliphatic carbocycles. The van der Waals surface area contributed by atoms with Crippen molar-refractivity contribution in [3.8, 4) is 23.1 Å². The van der Waals surface area contributed by atoms with E-state index in [0.717, 1.165) is 73.2 Å². The highest BCUT2D eigenvalue weighted by molar-refractivity contribution is 6.39. The highest BCUT2D eigenvalue weighted by atomic mass is 35.5. The van der Waals surface area contributed by atoms with Gasteiger partial charge in [0.15, 0.2) is 11.7 Å². The lowest BCUT2D eigenvalue weighted by Crippen LogP contribution is -2.33. The number of Topliss-reactive ketones (excluding diaryl/α,β-unsaturated/α-hetero) is 1. The fraction of sp³-hybridized carbons (Fsp3) is 0.400. The molecule has 8 aromatic rings. The van der Waals surface area contributed by atoms with Crippen LogP contribution in [0.4, 0.5) is 23.7 Å². The molecular weight excluding hydrogens is 1420 g/mol. The summed E-state index contributed by atoms with van der Waals surface area (Å²) in [5.74, 6) is 1.72. The third kappa shape index (κ3) is 21.0. The molecule has 12 N–H and O–H groups in total. The average molecular weight is 1510 g/mol. The number of nitrogen functional groups attached to an aromatic ring is 3. The number of likely N-dealkylation sites (tertiary alicyclic amines) is 2. The van der Waals surface area contributed by atoms with E-state index in [1.54, 1.807) is 90.4 Å². The normalized spacial score (nSPS) is 14.7. The van der Waals surface area contributed by atoms with Crippen LogP contribution in [0.5, 0.6) is 23.1 Å². The quantitative estimate of drug-likeness (QED) is 0.0192. The molecule has 3 amide bonds. The molecule has 11 heterocycles. The van der Waals surface area contributed by atoms with Crippen molar-refractivity contribution in [1.82, 2.24) is 75.3 Å². The Balaban J connectivity index is 0.000000179. The van der Waals surface area contributed by atoms with Crippen molar-refractivity contribution in [2.24, 2.45) is 5.73 Å². The van der Waals surface area contributed by atoms with Gasteiger partial charge in [0, 0.05) is 127 Å². The smallest absolute Gasteiger partial charge is 0.310 e. The van der Waals surface area contributed by atoms with Crippen molar-refractivity contribution in [3.63, 3.8) is 0 Å². The second kappa shape index (κ2) is 38.1. The van der Waals surface area contributed by atoms with Gasteiger partial charge < -0.3 is 77.0 Å². The van der Waals surface area contributed by atoms with Gasteiger partial charge in [-0.25, -0.2) is 24.9 Å². The van der Waals surface area contributed by atoms with Crippen LogP contribution in [0.15, 0.2) is 55.0 Å². The summed E-state index contributed by atoms with van der Waals surface area (Å²) in [5.41, 5.74) is 31.7. The van der Waals surface area contributed by atoms with E-state index in [0.29, 0.717) is 112 Å². The van der Waals surface area contributed by atoms with Gasteiger partial charge in [-0.05, 0) is 116 Å². The Bertz CT molecular complexity index is 4350. The lowest BCUT2D eigenvalue weighted by molar-refractivity contribution is -0.142. The number of nitrogens with two attached hydrogens (primary N) is 4. The van der Waals surface area contributed by atoms with Crippen LogP contribution in [0.3, 0.4) is 0 Å². The van der Waals surface area contributed by atoms with E-state index >= 15 is 0 Å². The lowest BCUT2D eigenvalue weighted by atomic mass is 9.97. The molecule has 34 heteroatoms. The minimum atomic E-state index is -0.640. The van der Waals surface area contributed by atoms with Gasteiger partial charge in [-0.3, -0.25) is 43.8 Å². The van der Waals surface area contributed by atoms with E-state index < -0.39 is 11.9 Å². The van der Waals surface area contributed by atoms with Crippen LogP contribution in [0.1, 0.15) is 127 Å². The zero-order valence-electron chi connectivity index (χ0n) is 59.3. The number of hydrogen-bond donors (Lipinski definition) is 8. The highest BCUT2D eigenvalue weighted by Gasteiger charge is 2.40. The third-order valence-electron chi connectivity index (χ3n) is 17.1. The molecule has 12 rings (SSSR count). The monoisotopic (exact) mass is 1510 g/mol. The summed E-state index contributed by atoms with van der Waals surface area (Å²) in [4.78, 5) is 111. The molecule has 4 aliphatic rings. The summed E-state index contributed by atoms with van der Waals surface area (Å²) >= 11 is 24.0. The predicted molar refractivity (Wildman–Crippen MR) is 397 cm³/mol. The number of nitrogens with one attached hydrogen (secondary N) is 4. The Labute approximate surface area is 622 Å². The van der Waals surface area contributed by atoms with Gasteiger partial charge in [0.05, 0.1) is 88.6 Å². The first-order valence-electron chi connectivity index (χ1n) is 33.3. The first-order chi connectivity index (χ1) is 49.9. The summed E-state index contributed by atoms with van der Waals surface area (Å²) in [6.07, 6.45) is 12.0. The van der Waals surface area contributed by atoms with Crippen LogP contribution < -0.4 is 57.4 Å². The van der Waals surface area contributed by atoms with Gasteiger partial charge in [-0.1, -0.05) is 46.4 Å². The number of esters is 1. The number of ketones is 1. The van der Waals surface area contributed by atoms with Gasteiger partial charge in [0.25, 0.3) is 11.8 Å². The minimum Gasteiger partial charge on any atom is -0.497 e. The van der Waals surface area contributed by atoms with Gasteiger partial charge in [-0.15, -0.1) is 0 Å². The van der Waals surface area contributed by atoms with Gasteiger partial charge in [0.2, 0.25) is 23.8 Å². The van der Waals surface area contributed by atoms with Crippen molar-refractivity contribution in [3.05, 3.63) is 154 Å². The van der Waals surface area contributed by atoms with Crippen LogP contribution in [0, 0.1) is 27.7 Å². The second-order valence-electron chi connectivity index (χ2n) is 24.1. The molecule has 554 valence electrons. The van der Waals surface area contributed by atoms with Crippen molar-refractivity contribution in [2.45, 2.75) is 98.6 Å². The molecule has 2 saturated heterocycles. The number of allylic oxidation sites excluding steroid dienone is 1. The van der Waals surface area contributed by atoms with Gasteiger partial charge in [0.1, 0.15) is 43.7 Å². The SMILES string of the molecule is CCOC(=O)Cc1c(Cl)nc(N)nc1Cl.COc1[nH]c(C)c(C(=O)NCCN2CCCC2)c1C.COc1ccnc(CC2C(=O)/C(=C\c3[nH]c(C)c(C(=O)NCCN4CCCC4)c3C)c3c(Cl)nc(N)nc32)c1.COc1ccnc(CN)c1.COc1ccnc(CN2C(=O)Cc3c(Cl)nc(N)nc32)c1. The number of fused-ring (bicyclic) bond motifs is 2. The van der Waals surface area contributed by atoms with Crippen molar-refractivity contribution in [2.75, 3.05) is 110 Å². The van der Waals surface area contributed by atoms with Crippen molar-refractivity contribution >= 4 is 111 Å². The molecule has 1 unspecified atom stereocenters. The standard InChI is InChI=1S/C28H32ClN7O3.C14H23N3O2.C13H12ClN5O2.C8H9Cl2N3O2.C7H10N2O/c1-15-21(33-16(2)22(15)27(38)32-8-11-36-9-4-5-10-36)14-19-23-24(34-28(30)35-26(23)29)20(25(19)37)13-17-12-18(39-3)6-7-31-17;1-10-12(11(2)16-14(10)19-3)13(18)15-6-9-17-7-4-5-8-17;1-21-8-2-3-16-7(4-8)6-19-10(20)5-9-11(14)17-13(15)18-12(9)19;1-2-15-5(14)3-4-6(9)12-8(11)13-7(4)10;1-10-7-2-3-9-6(4-7)5-8/h6-7,12,14,20,33H,4-5,8-11,13H2,1-3H3,(H,32,38)(H2,30,34,35);16H,4-9H2,1-3H3,(H,15,18);2-4H,5-6H2,1H3,(H2,15,17,18);2-3H2,1H3,(H2,11,12,13);2-4H,5,8H2,1H3/b19-14-;;;;. The van der Waals surface area contributed by atoms with E-state index in [1.165, 1.54) is 30.6 Å². The molecule has 3 aliphatic heterocycles. The maximum Gasteiger partial charge on any atom is 0.310 e. The number of aromatic amines is 2. The number of nitrogens with zero attached hydrogens (tertiary/aromatic N) is 12. The number of hydrogen-bond acceptors (Lipinski definition) is 25. The first-order valence-corrected chi connectivity index (χ1v) is 34.8. The van der Waals surface area contributed by atoms with Crippen LogP contribution in [-0.2, 0) is 51.5 Å². The predicted octanol–water partition coefficient (Wildman–Crippen LogP) is 8.03. The summed E-state index contributed by atoms with van der Waals surface area (Å²) < 4.78 is 25.4. The fourth-order valence-electron chi connectivity index (χ4n) is 12.0. The maximum atomic E-state index is 13.8. The summed E-state index contributed by atoms with van der Waals surface area (Å²) in [6.45, 7) is 17.8. The fourth-order valence-corrected chi connectivity index (χ4v) is 13.0. The van der Waals surface area contributed by atoms with Crippen LogP contribution in [-0.4, -0.2) is 182 Å². The first kappa shape index (κ1) is 79.9. The number of H-pyrrole nitrogens is 2. The number of halogens is 4. The molecule has 0 bridgehead atoms. The van der Waals surface area contributed by atoms with E-state index in [-0.39, 0.29) is 81.3 Å². The van der Waals surface area contributed by atoms with Crippen LogP contribution in [0.25, 0.3) is 11.6 Å². The number of ether oxygens (including phenoxy) is 5. The molecule has 0 aromatic carbocycles. The van der Waals surface area contributed by atoms with Crippen LogP contribution >= 0.6 is 46.4 Å². The number of methoxy groups -OCH3 is 4. The number of aryl methyl sites for hydroxylation is 2. The molecule has 8 aromatic heterocycles. The molecule has 1 atom stereocenters. The zero-order valence-corrected chi connectivity index (χ0v) is 62.4. The van der Waals surface area contributed by atoms with E-state index in [4.69, 9.17) is 93.0 Å². The Morgan fingerprint density at radius 2 is 1.12 bits per heavy atom. The number of anilines is 4. The van der Waals surface area contributed by atoms with E-state index in [9.17, 15) is 24.0 Å². The number of rotatable bonds is 21. The lowest BCUT2D eigenvalue weighted by Gasteiger charge is -2.16. The molecular formula is C70H86Cl4N20O10. The molecule has 0 radical (unpaired) electrons. The van der Waals surface area contributed by atoms with Crippen LogP contribution in [0.2, 0.25) is 20.6 Å². The summed E-state index contributed by atoms with van der Waals surface area (Å²) in [7, 11) is 6.37. The number of pyridine rings is 3. The molecule has 0 spiro atoms. The van der Waals surface area contributed by atoms with E-state index in [1.807, 2.05) is 33.8 Å². The highest BCUT2D eigenvalue weighted by Crippen LogP contribution is 2.44.